The number of benzene rings is 2. The molecule has 1 N–H and O–H groups in total. The van der Waals surface area contributed by atoms with Crippen LogP contribution in [0.25, 0.3) is 0 Å². The summed E-state index contributed by atoms with van der Waals surface area (Å²) in [5, 5.41) is 2.81. The van der Waals surface area contributed by atoms with E-state index in [0.717, 1.165) is 16.7 Å². The molecule has 0 heterocycles. The van der Waals surface area contributed by atoms with Crippen LogP contribution in [0.5, 0.6) is 0 Å². The van der Waals surface area contributed by atoms with Gasteiger partial charge in [-0.2, -0.15) is 0 Å². The summed E-state index contributed by atoms with van der Waals surface area (Å²) in [6.45, 7) is 5.68. The molecule has 0 aliphatic heterocycles. The van der Waals surface area contributed by atoms with Crippen molar-refractivity contribution in [1.82, 2.24) is 5.32 Å². The van der Waals surface area contributed by atoms with Gasteiger partial charge in [-0.1, -0.05) is 35.9 Å². The maximum absolute atomic E-state index is 13.7. The second-order valence-corrected chi connectivity index (χ2v) is 5.09. The molecule has 2 aromatic rings. The molecule has 0 aliphatic carbocycles. The minimum absolute atomic E-state index is 0.0783. The van der Waals surface area contributed by atoms with Crippen molar-refractivity contribution in [2.24, 2.45) is 0 Å². The van der Waals surface area contributed by atoms with Crippen molar-refractivity contribution in [3.05, 3.63) is 70.5 Å². The van der Waals surface area contributed by atoms with Gasteiger partial charge >= 0.3 is 0 Å². The first-order chi connectivity index (χ1) is 9.47. The fourth-order valence-electron chi connectivity index (χ4n) is 2.02. The van der Waals surface area contributed by atoms with Gasteiger partial charge in [0.05, 0.1) is 11.6 Å². The number of nitrogens with one attached hydrogen (secondary N) is 1. The summed E-state index contributed by atoms with van der Waals surface area (Å²) in [7, 11) is 0. The number of hydrogen-bond donors (Lipinski definition) is 1. The molecule has 0 aliphatic rings. The summed E-state index contributed by atoms with van der Waals surface area (Å²) >= 11 is 0. The molecule has 2 nitrogen and oxygen atoms in total. The smallest absolute Gasteiger partial charge is 0.254 e. The fourth-order valence-corrected chi connectivity index (χ4v) is 2.02. The number of carbonyl (C=O) groups is 1. The van der Waals surface area contributed by atoms with E-state index in [4.69, 9.17) is 0 Å². The first-order valence-corrected chi connectivity index (χ1v) is 6.61. The third-order valence-electron chi connectivity index (χ3n) is 3.29. The topological polar surface area (TPSA) is 29.1 Å². The van der Waals surface area contributed by atoms with Gasteiger partial charge in [-0.15, -0.1) is 0 Å². The number of halogens is 1. The van der Waals surface area contributed by atoms with E-state index in [1.54, 1.807) is 13.0 Å². The van der Waals surface area contributed by atoms with Crippen molar-refractivity contribution in [3.8, 4) is 0 Å². The lowest BCUT2D eigenvalue weighted by atomic mass is 10.1. The van der Waals surface area contributed by atoms with E-state index in [2.05, 4.69) is 5.32 Å². The first-order valence-electron chi connectivity index (χ1n) is 6.61. The van der Waals surface area contributed by atoms with Gasteiger partial charge in [0, 0.05) is 0 Å². The van der Waals surface area contributed by atoms with Crippen molar-refractivity contribution in [2.45, 2.75) is 26.8 Å². The molecule has 0 fully saturated rings. The van der Waals surface area contributed by atoms with Crippen LogP contribution in [-0.2, 0) is 0 Å². The van der Waals surface area contributed by atoms with E-state index in [0.29, 0.717) is 0 Å². The average molecular weight is 271 g/mol. The standard InChI is InChI=1S/C17H18FNO/c1-11-4-7-14(8-5-11)13(3)19-17(20)15-9-6-12(2)10-16(15)18/h4-10,13H,1-3H3,(H,19,20). The quantitative estimate of drug-likeness (QED) is 0.900. The van der Waals surface area contributed by atoms with E-state index in [9.17, 15) is 9.18 Å². The molecule has 0 bridgehead atoms. The Balaban J connectivity index is 2.13. The largest absolute Gasteiger partial charge is 0.345 e. The fraction of sp³-hybridized carbons (Fsp3) is 0.235. The molecular formula is C17H18FNO. The first kappa shape index (κ1) is 14.3. The lowest BCUT2D eigenvalue weighted by Gasteiger charge is -2.15. The highest BCUT2D eigenvalue weighted by molar-refractivity contribution is 5.94. The molecule has 0 spiro atoms. The monoisotopic (exact) mass is 271 g/mol. The molecule has 0 saturated heterocycles. The minimum atomic E-state index is -0.487. The number of carbonyl (C=O) groups excluding carboxylic acids is 1. The third-order valence-corrected chi connectivity index (χ3v) is 3.29. The van der Waals surface area contributed by atoms with E-state index in [-0.39, 0.29) is 11.6 Å². The molecule has 0 aromatic heterocycles. The second-order valence-electron chi connectivity index (χ2n) is 5.09. The lowest BCUT2D eigenvalue weighted by molar-refractivity contribution is 0.0936. The summed E-state index contributed by atoms with van der Waals surface area (Å²) in [5.41, 5.74) is 3.04. The molecule has 1 amide bonds. The number of amides is 1. The van der Waals surface area contributed by atoms with E-state index < -0.39 is 11.7 Å². The predicted molar refractivity (Wildman–Crippen MR) is 78.2 cm³/mol. The molecule has 1 unspecified atom stereocenters. The van der Waals surface area contributed by atoms with Gasteiger partial charge < -0.3 is 5.32 Å². The molecule has 0 radical (unpaired) electrons. The number of hydrogen-bond acceptors (Lipinski definition) is 1. The summed E-state index contributed by atoms with van der Waals surface area (Å²) in [6.07, 6.45) is 0. The Morgan fingerprint density at radius 2 is 1.65 bits per heavy atom. The molecular weight excluding hydrogens is 253 g/mol. The Morgan fingerprint density at radius 1 is 1.05 bits per heavy atom. The van der Waals surface area contributed by atoms with Crippen molar-refractivity contribution in [3.63, 3.8) is 0 Å². The van der Waals surface area contributed by atoms with E-state index in [1.165, 1.54) is 12.1 Å². The van der Waals surface area contributed by atoms with Gasteiger partial charge in [-0.3, -0.25) is 4.79 Å². The Bertz CT molecular complexity index is 619. The number of rotatable bonds is 3. The average Bonchev–Trinajstić information content (AvgIpc) is 2.39. The van der Waals surface area contributed by atoms with Crippen molar-refractivity contribution < 1.29 is 9.18 Å². The van der Waals surface area contributed by atoms with Crippen LogP contribution in [-0.4, -0.2) is 5.91 Å². The highest BCUT2D eigenvalue weighted by Crippen LogP contribution is 2.15. The Kier molecular flexibility index (Phi) is 4.18. The second kappa shape index (κ2) is 5.87. The van der Waals surface area contributed by atoms with Gasteiger partial charge in [0.25, 0.3) is 5.91 Å². The van der Waals surface area contributed by atoms with Crippen LogP contribution in [0.1, 0.15) is 40.0 Å². The highest BCUT2D eigenvalue weighted by atomic mass is 19.1. The minimum Gasteiger partial charge on any atom is -0.345 e. The molecule has 2 rings (SSSR count). The van der Waals surface area contributed by atoms with Crippen LogP contribution in [0.3, 0.4) is 0 Å². The van der Waals surface area contributed by atoms with Gasteiger partial charge in [-0.25, -0.2) is 4.39 Å². The summed E-state index contributed by atoms with van der Waals surface area (Å²) in [4.78, 5) is 12.1. The summed E-state index contributed by atoms with van der Waals surface area (Å²) in [5.74, 6) is -0.880. The zero-order chi connectivity index (χ0) is 14.7. The van der Waals surface area contributed by atoms with Crippen LogP contribution in [0.2, 0.25) is 0 Å². The summed E-state index contributed by atoms with van der Waals surface area (Å²) in [6, 6.07) is 12.4. The Hall–Kier alpha value is -2.16. The molecule has 20 heavy (non-hydrogen) atoms. The van der Waals surface area contributed by atoms with Crippen LogP contribution in [0, 0.1) is 19.7 Å². The van der Waals surface area contributed by atoms with E-state index in [1.807, 2.05) is 38.1 Å². The third kappa shape index (κ3) is 3.23. The highest BCUT2D eigenvalue weighted by Gasteiger charge is 2.14. The van der Waals surface area contributed by atoms with Crippen molar-refractivity contribution >= 4 is 5.91 Å². The molecule has 2 aromatic carbocycles. The normalized spacial score (nSPS) is 12.0. The van der Waals surface area contributed by atoms with Gasteiger partial charge in [-0.05, 0) is 44.0 Å². The predicted octanol–water partition coefficient (Wildman–Crippen LogP) is 3.93. The Morgan fingerprint density at radius 3 is 2.25 bits per heavy atom. The molecule has 104 valence electrons. The Labute approximate surface area is 118 Å². The molecule has 1 atom stereocenters. The SMILES string of the molecule is Cc1ccc(C(C)NC(=O)c2ccc(C)cc2F)cc1. The molecule has 3 heteroatoms. The lowest BCUT2D eigenvalue weighted by Crippen LogP contribution is -2.27. The van der Waals surface area contributed by atoms with E-state index >= 15 is 0 Å². The van der Waals surface area contributed by atoms with Crippen LogP contribution < -0.4 is 5.32 Å². The molecule has 0 saturated carbocycles. The van der Waals surface area contributed by atoms with Crippen LogP contribution >= 0.6 is 0 Å². The number of aryl methyl sites for hydroxylation is 2. The van der Waals surface area contributed by atoms with Crippen molar-refractivity contribution in [2.75, 3.05) is 0 Å². The maximum Gasteiger partial charge on any atom is 0.254 e. The zero-order valence-electron chi connectivity index (χ0n) is 11.9. The van der Waals surface area contributed by atoms with Crippen LogP contribution in [0.4, 0.5) is 4.39 Å². The zero-order valence-corrected chi connectivity index (χ0v) is 11.9. The maximum atomic E-state index is 13.7. The van der Waals surface area contributed by atoms with Gasteiger partial charge in [0.1, 0.15) is 5.82 Å². The summed E-state index contributed by atoms with van der Waals surface area (Å²) < 4.78 is 13.7. The van der Waals surface area contributed by atoms with Gasteiger partial charge in [0.2, 0.25) is 0 Å². The van der Waals surface area contributed by atoms with Gasteiger partial charge in [0.15, 0.2) is 0 Å². The van der Waals surface area contributed by atoms with Crippen molar-refractivity contribution in [1.29, 1.82) is 0 Å². The van der Waals surface area contributed by atoms with Crippen LogP contribution in [0.15, 0.2) is 42.5 Å².